The van der Waals surface area contributed by atoms with Gasteiger partial charge in [-0.1, -0.05) is 206 Å². The lowest BCUT2D eigenvalue weighted by atomic mass is 9.52. The van der Waals surface area contributed by atoms with Gasteiger partial charge < -0.3 is 0 Å². The molecule has 0 amide bonds. The first-order valence-corrected chi connectivity index (χ1v) is 24.6. The molecule has 69 heavy (non-hydrogen) atoms. The van der Waals surface area contributed by atoms with Crippen molar-refractivity contribution in [3.63, 3.8) is 0 Å². The summed E-state index contributed by atoms with van der Waals surface area (Å²) in [5, 5.41) is 2.61. The maximum Gasteiger partial charge on any atom is 0.160 e. The number of aromatic nitrogens is 2. The summed E-state index contributed by atoms with van der Waals surface area (Å²) in [6.07, 6.45) is 0. The molecule has 3 aliphatic carbocycles. The van der Waals surface area contributed by atoms with Gasteiger partial charge in [0, 0.05) is 36.9 Å². The van der Waals surface area contributed by atoms with Crippen LogP contribution in [0.4, 0.5) is 0 Å². The summed E-state index contributed by atoms with van der Waals surface area (Å²) in [5.74, 6) is 0.702. The Balaban J connectivity index is 1.03. The van der Waals surface area contributed by atoms with Gasteiger partial charge in [-0.15, -0.1) is 11.3 Å². The zero-order chi connectivity index (χ0) is 45.3. The van der Waals surface area contributed by atoms with Crippen molar-refractivity contribution >= 4 is 31.5 Å². The number of rotatable bonds is 4. The first-order chi connectivity index (χ1) is 34.2. The largest absolute Gasteiger partial charge is 0.228 e. The van der Waals surface area contributed by atoms with E-state index in [9.17, 15) is 0 Å². The van der Waals surface area contributed by atoms with Crippen molar-refractivity contribution in [3.05, 3.63) is 287 Å². The Kier molecular flexibility index (Phi) is 8.11. The molecule has 0 fully saturated rings. The lowest BCUT2D eigenvalue weighted by Crippen LogP contribution is -2.43. The third-order valence-corrected chi connectivity index (χ3v) is 16.5. The van der Waals surface area contributed by atoms with Gasteiger partial charge in [-0.2, -0.15) is 0 Å². The fourth-order valence-electron chi connectivity index (χ4n) is 12.6. The number of hydrogen-bond donors (Lipinski definition) is 0. The lowest BCUT2D eigenvalue weighted by Gasteiger charge is -2.48. The Bertz CT molecular complexity index is 3990. The monoisotopic (exact) mass is 892 g/mol. The van der Waals surface area contributed by atoms with Gasteiger partial charge in [0.2, 0.25) is 0 Å². The Morgan fingerprint density at radius 3 is 1.39 bits per heavy atom. The van der Waals surface area contributed by atoms with E-state index >= 15 is 0 Å². The molecule has 2 heterocycles. The average Bonchev–Trinajstić information content (AvgIpc) is 4.04. The molecule has 0 aliphatic heterocycles. The van der Waals surface area contributed by atoms with Crippen molar-refractivity contribution in [2.45, 2.75) is 10.8 Å². The van der Waals surface area contributed by atoms with Crippen LogP contribution in [0, 0.1) is 0 Å². The van der Waals surface area contributed by atoms with E-state index in [-0.39, 0.29) is 0 Å². The van der Waals surface area contributed by atoms with Crippen LogP contribution in [-0.2, 0) is 10.8 Å². The number of fused-ring (bicyclic) bond motifs is 19. The highest BCUT2D eigenvalue weighted by atomic mass is 32.1. The SMILES string of the molecule is c1ccc(-c2cccc(-c3cc(-c4ccc5c(c4)C4(c6cc7sc8ccccc8c7cc6-5)c5ccccc5C5(c6ccccc6-c6ccccc65)c5ccccc54)nc(-c4ccccc4)n3)c2)cc1. The number of benzene rings is 10. The molecule has 0 atom stereocenters. The minimum atomic E-state index is -0.655. The van der Waals surface area contributed by atoms with E-state index < -0.39 is 10.8 Å². The van der Waals surface area contributed by atoms with Crippen LogP contribution < -0.4 is 0 Å². The molecule has 15 rings (SSSR count). The number of hydrogen-bond acceptors (Lipinski definition) is 3. The normalized spacial score (nSPS) is 14.0. The molecule has 0 N–H and O–H groups in total. The van der Waals surface area contributed by atoms with E-state index in [0.29, 0.717) is 5.82 Å². The van der Waals surface area contributed by atoms with E-state index in [1.807, 2.05) is 11.3 Å². The molecule has 0 saturated heterocycles. The highest BCUT2D eigenvalue weighted by Crippen LogP contribution is 2.68. The Morgan fingerprint density at radius 2 is 0.739 bits per heavy atom. The van der Waals surface area contributed by atoms with Crippen molar-refractivity contribution in [1.82, 2.24) is 9.97 Å². The Morgan fingerprint density at radius 1 is 0.261 bits per heavy atom. The van der Waals surface area contributed by atoms with E-state index in [1.165, 1.54) is 92.5 Å². The molecule has 0 bridgehead atoms. The highest BCUT2D eigenvalue weighted by Gasteiger charge is 2.59. The maximum absolute atomic E-state index is 5.45. The van der Waals surface area contributed by atoms with Crippen LogP contribution in [0.25, 0.3) is 87.5 Å². The zero-order valence-electron chi connectivity index (χ0n) is 37.4. The van der Waals surface area contributed by atoms with Crippen LogP contribution >= 0.6 is 11.3 Å². The summed E-state index contributed by atoms with van der Waals surface area (Å²) in [7, 11) is 0. The molecular formula is C66H40N2S. The van der Waals surface area contributed by atoms with Gasteiger partial charge in [0.1, 0.15) is 0 Å². The molecule has 2 spiro atoms. The standard InChI is InChI=1S/C66H40N2S/c1-3-18-41(19-4-1)43-22-17-23-44(36-43)60-40-61(68-64(67-60)42-20-5-2-6-21-42)45-34-35-48-50-38-51-49-26-9-16-33-62(49)69-63(51)39-59(50)66(58(48)37-45)56-31-14-12-29-54(56)65(55-30-13-15-32-57(55)66)52-27-10-7-24-46(52)47-25-8-11-28-53(47)65/h1-40H. The molecule has 2 aromatic heterocycles. The molecule has 0 radical (unpaired) electrons. The van der Waals surface area contributed by atoms with Gasteiger partial charge >= 0.3 is 0 Å². The Hall–Kier alpha value is -8.50. The van der Waals surface area contributed by atoms with Crippen molar-refractivity contribution in [2.24, 2.45) is 0 Å². The number of nitrogens with zero attached hydrogens (tertiary/aromatic N) is 2. The van der Waals surface area contributed by atoms with E-state index in [1.54, 1.807) is 0 Å². The Labute approximate surface area is 404 Å². The topological polar surface area (TPSA) is 25.8 Å². The summed E-state index contributed by atoms with van der Waals surface area (Å²) >= 11 is 1.90. The van der Waals surface area contributed by atoms with Gasteiger partial charge in [-0.3, -0.25) is 0 Å². The summed E-state index contributed by atoms with van der Waals surface area (Å²) in [4.78, 5) is 10.7. The van der Waals surface area contributed by atoms with Gasteiger partial charge in [0.15, 0.2) is 5.82 Å². The highest BCUT2D eigenvalue weighted by molar-refractivity contribution is 7.25. The van der Waals surface area contributed by atoms with Crippen molar-refractivity contribution in [2.75, 3.05) is 0 Å². The second-order valence-electron chi connectivity index (χ2n) is 18.7. The molecule has 0 unspecified atom stereocenters. The minimum Gasteiger partial charge on any atom is -0.228 e. The second kappa shape index (κ2) is 14.5. The van der Waals surface area contributed by atoms with Crippen molar-refractivity contribution in [1.29, 1.82) is 0 Å². The second-order valence-corrected chi connectivity index (χ2v) is 19.8. The zero-order valence-corrected chi connectivity index (χ0v) is 38.2. The molecule has 3 aliphatic rings. The van der Waals surface area contributed by atoms with Crippen LogP contribution in [0.2, 0.25) is 0 Å². The first-order valence-electron chi connectivity index (χ1n) is 23.8. The van der Waals surface area contributed by atoms with Crippen molar-refractivity contribution < 1.29 is 0 Å². The van der Waals surface area contributed by atoms with Crippen LogP contribution in [0.5, 0.6) is 0 Å². The molecule has 12 aromatic rings. The minimum absolute atomic E-state index is 0.520. The summed E-state index contributed by atoms with van der Waals surface area (Å²) in [6.45, 7) is 0. The van der Waals surface area contributed by atoms with Gasteiger partial charge in [-0.25, -0.2) is 9.97 Å². The van der Waals surface area contributed by atoms with Crippen LogP contribution in [0.1, 0.15) is 44.5 Å². The molecule has 3 heteroatoms. The summed E-state index contributed by atoms with van der Waals surface area (Å²) in [6, 6.07) is 90.0. The average molecular weight is 893 g/mol. The van der Waals surface area contributed by atoms with Gasteiger partial charge in [-0.05, 0) is 114 Å². The smallest absolute Gasteiger partial charge is 0.160 e. The van der Waals surface area contributed by atoms with Crippen molar-refractivity contribution in [3.8, 4) is 67.3 Å². The first kappa shape index (κ1) is 38.6. The van der Waals surface area contributed by atoms with Crippen LogP contribution in [0.3, 0.4) is 0 Å². The predicted octanol–water partition coefficient (Wildman–Crippen LogP) is 16.6. The van der Waals surface area contributed by atoms with Crippen LogP contribution in [0.15, 0.2) is 243 Å². The molecule has 320 valence electrons. The van der Waals surface area contributed by atoms with E-state index in [2.05, 4.69) is 243 Å². The third-order valence-electron chi connectivity index (χ3n) is 15.4. The van der Waals surface area contributed by atoms with Crippen LogP contribution in [-0.4, -0.2) is 9.97 Å². The van der Waals surface area contributed by atoms with Gasteiger partial charge in [0.25, 0.3) is 0 Å². The fourth-order valence-corrected chi connectivity index (χ4v) is 13.7. The summed E-state index contributed by atoms with van der Waals surface area (Å²) < 4.78 is 2.62. The number of thiophene rings is 1. The molecule has 10 aromatic carbocycles. The fraction of sp³-hybridized carbons (Fsp3) is 0.0303. The maximum atomic E-state index is 5.45. The molecule has 2 nitrogen and oxygen atoms in total. The van der Waals surface area contributed by atoms with E-state index in [0.717, 1.165) is 33.6 Å². The third kappa shape index (κ3) is 5.25. The predicted molar refractivity (Wildman–Crippen MR) is 285 cm³/mol. The summed E-state index contributed by atoms with van der Waals surface area (Å²) in [5.41, 5.74) is 21.7. The quantitative estimate of drug-likeness (QED) is 0.176. The lowest BCUT2D eigenvalue weighted by molar-refractivity contribution is 0.633. The van der Waals surface area contributed by atoms with Gasteiger partial charge in [0.05, 0.1) is 22.2 Å². The van der Waals surface area contributed by atoms with E-state index in [4.69, 9.17) is 9.97 Å². The molecule has 0 saturated carbocycles. The molecular weight excluding hydrogens is 853 g/mol.